The van der Waals surface area contributed by atoms with E-state index in [0.29, 0.717) is 16.4 Å². The van der Waals surface area contributed by atoms with Gasteiger partial charge in [0.25, 0.3) is 6.71 Å². The van der Waals surface area contributed by atoms with E-state index in [1.165, 1.54) is 13.8 Å². The van der Waals surface area contributed by atoms with E-state index in [1.807, 2.05) is 13.8 Å². The van der Waals surface area contributed by atoms with Gasteiger partial charge in [0, 0.05) is 16.2 Å². The summed E-state index contributed by atoms with van der Waals surface area (Å²) in [4.78, 5) is 0. The first-order chi connectivity index (χ1) is 28.0. The molecule has 17 heteroatoms. The highest BCUT2D eigenvalue weighted by Crippen LogP contribution is 2.58. The van der Waals surface area contributed by atoms with Gasteiger partial charge in [-0.1, -0.05) is 93.4 Å². The summed E-state index contributed by atoms with van der Waals surface area (Å²) in [6.07, 6.45) is -0.817. The van der Waals surface area contributed by atoms with Gasteiger partial charge in [0.2, 0.25) is 5.82 Å². The lowest BCUT2D eigenvalue weighted by molar-refractivity contribution is 0.381. The Balaban J connectivity index is 2.32. The fraction of sp³-hybridized carbons (Fsp3) is 0.349. The third-order valence-corrected chi connectivity index (χ3v) is 13.5. The number of benzene rings is 4. The maximum atomic E-state index is 16.4. The highest BCUT2D eigenvalue weighted by molar-refractivity contribution is 7.60. The molecule has 0 fully saturated rings. The van der Waals surface area contributed by atoms with Crippen LogP contribution in [0.2, 0.25) is 0 Å². The first kappa shape index (κ1) is 46.7. The smallest absolute Gasteiger partial charge is 0.204 e. The van der Waals surface area contributed by atoms with Crippen molar-refractivity contribution < 1.29 is 65.9 Å². The zero-order valence-electron chi connectivity index (χ0n) is 33.4. The molecule has 1 heterocycles. The molecule has 0 aliphatic rings. The zero-order chi connectivity index (χ0) is 45.1. The Morgan fingerprint density at radius 2 is 0.717 bits per heavy atom. The van der Waals surface area contributed by atoms with Crippen LogP contribution in [0.5, 0.6) is 0 Å². The topological polar surface area (TPSA) is 0 Å². The average Bonchev–Trinajstić information content (AvgIpc) is 3.49. The van der Waals surface area contributed by atoms with Gasteiger partial charge in [0.1, 0.15) is 0 Å². The predicted octanol–water partition coefficient (Wildman–Crippen LogP) is 13.2. The molecule has 0 bridgehead atoms. The molecule has 0 saturated carbocycles. The summed E-state index contributed by atoms with van der Waals surface area (Å²) in [5.41, 5.74) is -6.61. The van der Waals surface area contributed by atoms with Gasteiger partial charge in [-0.25, -0.2) is 65.9 Å². The quantitative estimate of drug-likeness (QED) is 0.0507. The maximum Gasteiger partial charge on any atom is 0.258 e. The molecule has 0 nitrogen and oxygen atoms in total. The molecule has 1 aromatic heterocycles. The molecule has 322 valence electrons. The molecule has 60 heavy (non-hydrogen) atoms. The Morgan fingerprint density at radius 1 is 0.400 bits per heavy atom. The molecule has 0 radical (unpaired) electrons. The van der Waals surface area contributed by atoms with Crippen LogP contribution in [0.25, 0.3) is 16.4 Å². The minimum Gasteiger partial charge on any atom is -0.204 e. The van der Waals surface area contributed by atoms with Gasteiger partial charge in [-0.15, -0.1) is 0 Å². The van der Waals surface area contributed by atoms with Gasteiger partial charge < -0.3 is 0 Å². The standard InChI is InChI=1S/C43H37BF15P/c1-9-11-21-23(24-28(45)34(51)40(57)35(52)29(24)46)25(22(12-10-2)60(21)43-19(16(5)6)13-18(15(3)4)14-20(43)17(7)8)44(26-30(47)36(53)41(58)37(54)31(26)48)27-32(49)38(55)42(59)39(56)33(27)50/h13-17H,9-12H2,1-8H3. The molecule has 0 spiro atoms. The van der Waals surface area contributed by atoms with E-state index >= 15 is 52.7 Å². The van der Waals surface area contributed by atoms with Crippen molar-refractivity contribution in [2.75, 3.05) is 0 Å². The molecule has 0 amide bonds. The fourth-order valence-electron chi connectivity index (χ4n) is 7.70. The molecular formula is C43H37BF15P. The van der Waals surface area contributed by atoms with E-state index in [0.717, 1.165) is 5.56 Å². The molecule has 0 saturated heterocycles. The second-order valence-corrected chi connectivity index (χ2v) is 17.6. The van der Waals surface area contributed by atoms with E-state index in [9.17, 15) is 13.2 Å². The monoisotopic (exact) mass is 880 g/mol. The lowest BCUT2D eigenvalue weighted by atomic mass is 9.35. The molecule has 0 aliphatic carbocycles. The summed E-state index contributed by atoms with van der Waals surface area (Å²) >= 11 is 0. The summed E-state index contributed by atoms with van der Waals surface area (Å²) in [6, 6.07) is 3.60. The molecule has 1 unspecified atom stereocenters. The Labute approximate surface area is 338 Å². The van der Waals surface area contributed by atoms with Gasteiger partial charge in [0.15, 0.2) is 81.4 Å². The molecule has 1 atom stereocenters. The molecule has 5 aromatic rings. The molecular weight excluding hydrogens is 843 g/mol. The molecule has 0 aliphatic heterocycles. The van der Waals surface area contributed by atoms with Crippen LogP contribution >= 0.6 is 7.53 Å². The van der Waals surface area contributed by atoms with Crippen LogP contribution in [0.1, 0.15) is 113 Å². The van der Waals surface area contributed by atoms with Gasteiger partial charge >= 0.3 is 0 Å². The summed E-state index contributed by atoms with van der Waals surface area (Å²) in [7, 11) is -2.49. The van der Waals surface area contributed by atoms with Crippen LogP contribution < -0.4 is 16.4 Å². The third-order valence-electron chi connectivity index (χ3n) is 10.5. The number of halogens is 15. The zero-order valence-corrected chi connectivity index (χ0v) is 34.3. The molecule has 5 rings (SSSR count). The van der Waals surface area contributed by atoms with Crippen LogP contribution in [-0.2, 0) is 12.8 Å². The van der Waals surface area contributed by atoms with Crippen LogP contribution in [0.4, 0.5) is 65.9 Å². The van der Waals surface area contributed by atoms with E-state index in [2.05, 4.69) is 0 Å². The van der Waals surface area contributed by atoms with E-state index in [4.69, 9.17) is 0 Å². The van der Waals surface area contributed by atoms with Gasteiger partial charge in [0.05, 0.1) is 5.56 Å². The minimum atomic E-state index is -3.36. The van der Waals surface area contributed by atoms with Crippen LogP contribution in [0.3, 0.4) is 0 Å². The largest absolute Gasteiger partial charge is 0.258 e. The van der Waals surface area contributed by atoms with Crippen molar-refractivity contribution in [3.8, 4) is 16.4 Å². The van der Waals surface area contributed by atoms with Crippen molar-refractivity contribution in [3.05, 3.63) is 127 Å². The Bertz CT molecular complexity index is 2340. The maximum absolute atomic E-state index is 16.4. The summed E-state index contributed by atoms with van der Waals surface area (Å²) in [5, 5.41) is -0.0990. The normalized spacial score (nSPS) is 12.3. The first-order valence-corrected chi connectivity index (χ1v) is 20.3. The Morgan fingerprint density at radius 3 is 1.03 bits per heavy atom. The fourth-order valence-corrected chi connectivity index (χ4v) is 11.6. The van der Waals surface area contributed by atoms with Crippen molar-refractivity contribution in [3.63, 3.8) is 0 Å². The predicted molar refractivity (Wildman–Crippen MR) is 203 cm³/mol. The van der Waals surface area contributed by atoms with Crippen molar-refractivity contribution in [1.82, 2.24) is 0 Å². The summed E-state index contributed by atoms with van der Waals surface area (Å²) in [5.74, 6) is -41.7. The van der Waals surface area contributed by atoms with Crippen molar-refractivity contribution in [1.29, 1.82) is 0 Å². The summed E-state index contributed by atoms with van der Waals surface area (Å²) < 4.78 is 233. The van der Waals surface area contributed by atoms with Crippen molar-refractivity contribution >= 4 is 30.6 Å². The van der Waals surface area contributed by atoms with Crippen molar-refractivity contribution in [2.45, 2.75) is 98.8 Å². The van der Waals surface area contributed by atoms with E-state index in [1.54, 1.807) is 39.8 Å². The van der Waals surface area contributed by atoms with Gasteiger partial charge in [-0.3, -0.25) is 0 Å². The SMILES string of the molecule is CCCc1c(B(c2c(F)c(F)c(F)c(F)c2F)c2c(F)c(F)c(F)c(F)c2F)c(-c2c(F)c(F)c(F)c(F)c2F)c(CCC)p1-c1c(C(C)C)cc(C(C)C)cc1C(C)C. The van der Waals surface area contributed by atoms with Crippen molar-refractivity contribution in [2.24, 2.45) is 0 Å². The van der Waals surface area contributed by atoms with Crippen LogP contribution in [-0.4, -0.2) is 6.71 Å². The van der Waals surface area contributed by atoms with Gasteiger partial charge in [-0.2, -0.15) is 0 Å². The highest BCUT2D eigenvalue weighted by atomic mass is 31.1. The average molecular weight is 881 g/mol. The van der Waals surface area contributed by atoms with E-state index < -0.39 is 147 Å². The minimum absolute atomic E-state index is 0.00638. The highest BCUT2D eigenvalue weighted by Gasteiger charge is 2.46. The second kappa shape index (κ2) is 17.6. The number of rotatable bonds is 12. The van der Waals surface area contributed by atoms with Crippen LogP contribution in [0, 0.1) is 87.3 Å². The molecule has 4 aromatic carbocycles. The summed E-state index contributed by atoms with van der Waals surface area (Å²) in [6.45, 7) is 10.5. The Hall–Kier alpha value is -4.33. The first-order valence-electron chi connectivity index (χ1n) is 19.0. The Kier molecular flexibility index (Phi) is 13.7. The number of hydrogen-bond donors (Lipinski definition) is 0. The third kappa shape index (κ3) is 7.42. The van der Waals surface area contributed by atoms with Crippen LogP contribution in [0.15, 0.2) is 12.1 Å². The second-order valence-electron chi connectivity index (χ2n) is 15.4. The van der Waals surface area contributed by atoms with Gasteiger partial charge in [-0.05, 0) is 63.4 Å². The molecule has 0 N–H and O–H groups in total. The lowest BCUT2D eigenvalue weighted by Crippen LogP contribution is -2.59. The lowest BCUT2D eigenvalue weighted by Gasteiger charge is -2.26. The van der Waals surface area contributed by atoms with E-state index in [-0.39, 0.29) is 35.8 Å². The number of hydrogen-bond acceptors (Lipinski definition) is 0.